The van der Waals surface area contributed by atoms with Gasteiger partial charge in [0.25, 0.3) is 0 Å². The minimum atomic E-state index is 0.0393. The van der Waals surface area contributed by atoms with E-state index in [4.69, 9.17) is 5.26 Å². The van der Waals surface area contributed by atoms with Crippen molar-refractivity contribution in [2.24, 2.45) is 5.92 Å². The molecule has 1 nitrogen and oxygen atoms in total. The molecule has 0 aromatic carbocycles. The molecule has 0 aliphatic rings. The third-order valence-electron chi connectivity index (χ3n) is 1.37. The molecule has 0 heterocycles. The number of alkyl halides is 1. The van der Waals surface area contributed by atoms with Crippen molar-refractivity contribution in [3.05, 3.63) is 0 Å². The van der Waals surface area contributed by atoms with Gasteiger partial charge in [-0.15, -0.1) is 0 Å². The van der Waals surface area contributed by atoms with Gasteiger partial charge in [-0.25, -0.2) is 0 Å². The molecule has 0 saturated carbocycles. The Labute approximate surface area is 65.2 Å². The lowest BCUT2D eigenvalue weighted by Gasteiger charge is -2.08. The van der Waals surface area contributed by atoms with E-state index in [0.717, 1.165) is 12.8 Å². The second-order valence-corrected chi connectivity index (χ2v) is 3.28. The second kappa shape index (κ2) is 4.81. The predicted molar refractivity (Wildman–Crippen MR) is 42.4 cm³/mol. The molecule has 0 aliphatic carbocycles. The molecule has 0 spiro atoms. The van der Waals surface area contributed by atoms with Crippen molar-refractivity contribution in [2.45, 2.75) is 31.5 Å². The van der Waals surface area contributed by atoms with E-state index in [1.165, 1.54) is 0 Å². The molecule has 0 saturated heterocycles. The van der Waals surface area contributed by atoms with Gasteiger partial charge in [0.1, 0.15) is 4.83 Å². The molecule has 0 aromatic heterocycles. The van der Waals surface area contributed by atoms with E-state index in [9.17, 15) is 0 Å². The van der Waals surface area contributed by atoms with Crippen molar-refractivity contribution in [2.75, 3.05) is 0 Å². The molecule has 0 fully saturated rings. The highest BCUT2D eigenvalue weighted by Crippen LogP contribution is 2.16. The first-order chi connectivity index (χ1) is 4.22. The third kappa shape index (κ3) is 3.53. The number of hydrogen-bond acceptors (Lipinski definition) is 1. The smallest absolute Gasteiger partial charge is 0.104 e. The van der Waals surface area contributed by atoms with Crippen LogP contribution in [0.3, 0.4) is 0 Å². The molecule has 0 rings (SSSR count). The number of halogens is 1. The fourth-order valence-corrected chi connectivity index (χ4v) is 0.993. The van der Waals surface area contributed by atoms with Crippen LogP contribution in [0.5, 0.6) is 0 Å². The summed E-state index contributed by atoms with van der Waals surface area (Å²) in [5.74, 6) is 0.486. The van der Waals surface area contributed by atoms with Gasteiger partial charge in [0.15, 0.2) is 0 Å². The fraction of sp³-hybridized carbons (Fsp3) is 0.857. The van der Waals surface area contributed by atoms with Crippen molar-refractivity contribution in [1.82, 2.24) is 0 Å². The summed E-state index contributed by atoms with van der Waals surface area (Å²) >= 11 is 3.28. The Balaban J connectivity index is 3.48. The van der Waals surface area contributed by atoms with Gasteiger partial charge in [0, 0.05) is 0 Å². The van der Waals surface area contributed by atoms with E-state index in [-0.39, 0.29) is 4.83 Å². The van der Waals surface area contributed by atoms with E-state index in [1.807, 2.05) is 0 Å². The lowest BCUT2D eigenvalue weighted by atomic mass is 10.0. The zero-order valence-corrected chi connectivity index (χ0v) is 7.48. The van der Waals surface area contributed by atoms with Crippen LogP contribution in [0.4, 0.5) is 0 Å². The van der Waals surface area contributed by atoms with Crippen LogP contribution in [-0.4, -0.2) is 4.83 Å². The van der Waals surface area contributed by atoms with Gasteiger partial charge in [0.05, 0.1) is 6.07 Å². The minimum Gasteiger partial charge on any atom is -0.197 e. The highest BCUT2D eigenvalue weighted by atomic mass is 79.9. The first kappa shape index (κ1) is 8.97. The van der Waals surface area contributed by atoms with Gasteiger partial charge in [0.2, 0.25) is 0 Å². The molecule has 0 bridgehead atoms. The summed E-state index contributed by atoms with van der Waals surface area (Å²) in [7, 11) is 0. The predicted octanol–water partition coefficient (Wildman–Crippen LogP) is 2.71. The molecule has 0 amide bonds. The molecular formula is C7H12BrN. The molecule has 0 radical (unpaired) electrons. The Morgan fingerprint density at radius 1 is 1.67 bits per heavy atom. The summed E-state index contributed by atoms with van der Waals surface area (Å²) < 4.78 is 0. The van der Waals surface area contributed by atoms with Gasteiger partial charge in [-0.1, -0.05) is 36.2 Å². The maximum atomic E-state index is 8.43. The highest BCUT2D eigenvalue weighted by molar-refractivity contribution is 9.09. The molecular weight excluding hydrogens is 178 g/mol. The topological polar surface area (TPSA) is 23.8 Å². The van der Waals surface area contributed by atoms with Crippen molar-refractivity contribution < 1.29 is 0 Å². The zero-order valence-electron chi connectivity index (χ0n) is 5.89. The normalized spacial score (nSPS) is 16.2. The quantitative estimate of drug-likeness (QED) is 0.627. The SMILES string of the molecule is CCCC(C)C(Br)C#N. The summed E-state index contributed by atoms with van der Waals surface area (Å²) in [6.07, 6.45) is 2.29. The first-order valence-electron chi connectivity index (χ1n) is 3.26. The van der Waals surface area contributed by atoms with Crippen molar-refractivity contribution in [3.63, 3.8) is 0 Å². The maximum Gasteiger partial charge on any atom is 0.104 e. The fourth-order valence-electron chi connectivity index (χ4n) is 0.729. The second-order valence-electron chi connectivity index (χ2n) is 2.30. The Morgan fingerprint density at radius 3 is 2.56 bits per heavy atom. The van der Waals surface area contributed by atoms with Crippen LogP contribution < -0.4 is 0 Å². The Bertz CT molecular complexity index is 106. The van der Waals surface area contributed by atoms with Crippen LogP contribution in [0.1, 0.15) is 26.7 Å². The summed E-state index contributed by atoms with van der Waals surface area (Å²) in [4.78, 5) is 0.0393. The van der Waals surface area contributed by atoms with E-state index < -0.39 is 0 Å². The maximum absolute atomic E-state index is 8.43. The lowest BCUT2D eigenvalue weighted by molar-refractivity contribution is 0.551. The average Bonchev–Trinajstić information content (AvgIpc) is 1.87. The molecule has 52 valence electrons. The summed E-state index contributed by atoms with van der Waals surface area (Å²) in [5.41, 5.74) is 0. The van der Waals surface area contributed by atoms with Gasteiger partial charge in [-0.05, 0) is 12.3 Å². The third-order valence-corrected chi connectivity index (χ3v) is 2.47. The monoisotopic (exact) mass is 189 g/mol. The molecule has 0 aromatic rings. The van der Waals surface area contributed by atoms with E-state index in [0.29, 0.717) is 5.92 Å². The van der Waals surface area contributed by atoms with Crippen LogP contribution >= 0.6 is 15.9 Å². The average molecular weight is 190 g/mol. The summed E-state index contributed by atoms with van der Waals surface area (Å²) in [6.45, 7) is 4.22. The highest BCUT2D eigenvalue weighted by Gasteiger charge is 2.10. The number of nitriles is 1. The summed E-state index contributed by atoms with van der Waals surface area (Å²) in [5, 5.41) is 8.43. The van der Waals surface area contributed by atoms with Crippen LogP contribution in [-0.2, 0) is 0 Å². The first-order valence-corrected chi connectivity index (χ1v) is 4.17. The number of hydrogen-bond donors (Lipinski definition) is 0. The minimum absolute atomic E-state index is 0.0393. The summed E-state index contributed by atoms with van der Waals surface area (Å²) in [6, 6.07) is 2.17. The van der Waals surface area contributed by atoms with Gasteiger partial charge >= 0.3 is 0 Å². The zero-order chi connectivity index (χ0) is 7.28. The van der Waals surface area contributed by atoms with Crippen molar-refractivity contribution >= 4 is 15.9 Å². The van der Waals surface area contributed by atoms with Gasteiger partial charge in [-0.3, -0.25) is 0 Å². The number of nitrogens with zero attached hydrogens (tertiary/aromatic N) is 1. The Hall–Kier alpha value is -0.0300. The van der Waals surface area contributed by atoms with Gasteiger partial charge in [-0.2, -0.15) is 5.26 Å². The molecule has 2 heteroatoms. The van der Waals surface area contributed by atoms with Gasteiger partial charge < -0.3 is 0 Å². The Kier molecular flexibility index (Phi) is 4.80. The lowest BCUT2D eigenvalue weighted by Crippen LogP contribution is -2.07. The van der Waals surface area contributed by atoms with Crippen LogP contribution in [0, 0.1) is 17.2 Å². The molecule has 0 N–H and O–H groups in total. The Morgan fingerprint density at radius 2 is 2.22 bits per heavy atom. The van der Waals surface area contributed by atoms with E-state index >= 15 is 0 Å². The van der Waals surface area contributed by atoms with Crippen molar-refractivity contribution in [3.8, 4) is 6.07 Å². The van der Waals surface area contributed by atoms with Crippen LogP contribution in [0.15, 0.2) is 0 Å². The van der Waals surface area contributed by atoms with Crippen LogP contribution in [0.2, 0.25) is 0 Å². The molecule has 2 atom stereocenters. The van der Waals surface area contributed by atoms with E-state index in [1.54, 1.807) is 0 Å². The van der Waals surface area contributed by atoms with E-state index in [2.05, 4.69) is 35.8 Å². The van der Waals surface area contributed by atoms with Crippen LogP contribution in [0.25, 0.3) is 0 Å². The van der Waals surface area contributed by atoms with Crippen molar-refractivity contribution in [1.29, 1.82) is 5.26 Å². The molecule has 0 aliphatic heterocycles. The standard InChI is InChI=1S/C7H12BrN/c1-3-4-6(2)7(8)5-9/h6-7H,3-4H2,1-2H3. The largest absolute Gasteiger partial charge is 0.197 e. The molecule has 2 unspecified atom stereocenters. The number of rotatable bonds is 3. The molecule has 9 heavy (non-hydrogen) atoms.